The zero-order valence-electron chi connectivity index (χ0n) is 13.8. The molecule has 5 nitrogen and oxygen atoms in total. The van der Waals surface area contributed by atoms with Gasteiger partial charge in [-0.3, -0.25) is 4.99 Å². The smallest absolute Gasteiger partial charge is 0.190 e. The van der Waals surface area contributed by atoms with Gasteiger partial charge in [0.1, 0.15) is 5.65 Å². The van der Waals surface area contributed by atoms with Gasteiger partial charge in [0.25, 0.3) is 0 Å². The molecule has 0 bridgehead atoms. The van der Waals surface area contributed by atoms with Crippen molar-refractivity contribution in [3.8, 4) is 0 Å². The molecular weight excluding hydrogens is 421 g/mol. The second-order valence-electron chi connectivity index (χ2n) is 5.07. The topological polar surface area (TPSA) is 53.7 Å². The predicted molar refractivity (Wildman–Crippen MR) is 111 cm³/mol. The number of hydrogen-bond acceptors (Lipinski definition) is 3. The summed E-state index contributed by atoms with van der Waals surface area (Å²) < 4.78 is 2.05. The summed E-state index contributed by atoms with van der Waals surface area (Å²) in [5.74, 6) is 2.09. The Bertz CT molecular complexity index is 566. The number of guanidine groups is 1. The molecule has 0 aliphatic carbocycles. The summed E-state index contributed by atoms with van der Waals surface area (Å²) in [6, 6.07) is 6.04. The van der Waals surface area contributed by atoms with Crippen molar-refractivity contribution >= 4 is 47.3 Å². The first kappa shape index (κ1) is 20.1. The Labute approximate surface area is 159 Å². The van der Waals surface area contributed by atoms with Crippen molar-refractivity contribution in [1.82, 2.24) is 20.0 Å². The van der Waals surface area contributed by atoms with Gasteiger partial charge in [0.15, 0.2) is 5.96 Å². The Balaban J connectivity index is 0.00000264. The minimum Gasteiger partial charge on any atom is -0.356 e. The minimum absolute atomic E-state index is 0. The number of imidazole rings is 1. The highest BCUT2D eigenvalue weighted by molar-refractivity contribution is 14.0. The summed E-state index contributed by atoms with van der Waals surface area (Å²) in [7, 11) is 1.81. The number of pyridine rings is 1. The number of unbranched alkanes of at least 4 members (excludes halogenated alkanes) is 1. The third-order valence-corrected chi connectivity index (χ3v) is 4.08. The van der Waals surface area contributed by atoms with E-state index in [0.29, 0.717) is 0 Å². The molecule has 2 aromatic heterocycles. The number of hydrogen-bond donors (Lipinski definition) is 2. The first-order valence-corrected chi connectivity index (χ1v) is 9.09. The molecule has 7 heteroatoms. The van der Waals surface area contributed by atoms with Crippen molar-refractivity contribution in [1.29, 1.82) is 0 Å². The van der Waals surface area contributed by atoms with E-state index >= 15 is 0 Å². The molecule has 23 heavy (non-hydrogen) atoms. The van der Waals surface area contributed by atoms with E-state index in [1.165, 1.54) is 18.6 Å². The number of thioether (sulfide) groups is 1. The second-order valence-corrected chi connectivity index (χ2v) is 6.06. The Morgan fingerprint density at radius 3 is 2.83 bits per heavy atom. The van der Waals surface area contributed by atoms with Crippen LogP contribution in [0.5, 0.6) is 0 Å². The quantitative estimate of drug-likeness (QED) is 0.283. The molecule has 2 heterocycles. The predicted octanol–water partition coefficient (Wildman–Crippen LogP) is 2.80. The van der Waals surface area contributed by atoms with Crippen LogP contribution in [0.3, 0.4) is 0 Å². The van der Waals surface area contributed by atoms with Gasteiger partial charge < -0.3 is 15.0 Å². The van der Waals surface area contributed by atoms with Crippen LogP contribution in [0, 0.1) is 0 Å². The zero-order valence-corrected chi connectivity index (χ0v) is 16.9. The number of nitrogens with one attached hydrogen (secondary N) is 2. The molecular formula is C16H26IN5S. The van der Waals surface area contributed by atoms with E-state index in [-0.39, 0.29) is 24.0 Å². The third kappa shape index (κ3) is 6.99. The van der Waals surface area contributed by atoms with Crippen LogP contribution in [-0.2, 0) is 6.42 Å². The van der Waals surface area contributed by atoms with Crippen molar-refractivity contribution in [3.05, 3.63) is 36.3 Å². The molecule has 2 rings (SSSR count). The van der Waals surface area contributed by atoms with Crippen LogP contribution in [0.4, 0.5) is 0 Å². The molecule has 0 fully saturated rings. The highest BCUT2D eigenvalue weighted by atomic mass is 127. The van der Waals surface area contributed by atoms with Crippen LogP contribution >= 0.6 is 35.7 Å². The van der Waals surface area contributed by atoms with E-state index in [2.05, 4.69) is 33.1 Å². The Hall–Kier alpha value is -0.960. The van der Waals surface area contributed by atoms with Crippen LogP contribution in [0.25, 0.3) is 5.65 Å². The molecule has 0 aliphatic rings. The van der Waals surface area contributed by atoms with Gasteiger partial charge >= 0.3 is 0 Å². The van der Waals surface area contributed by atoms with Crippen LogP contribution in [0.15, 0.2) is 35.6 Å². The molecule has 0 aromatic carbocycles. The van der Waals surface area contributed by atoms with Crippen molar-refractivity contribution in [2.75, 3.05) is 32.1 Å². The summed E-state index contributed by atoms with van der Waals surface area (Å²) in [6.45, 7) is 1.79. The Morgan fingerprint density at radius 1 is 1.26 bits per heavy atom. The van der Waals surface area contributed by atoms with E-state index in [1.54, 1.807) is 0 Å². The summed E-state index contributed by atoms with van der Waals surface area (Å²) in [4.78, 5) is 8.84. The van der Waals surface area contributed by atoms with Gasteiger partial charge in [0, 0.05) is 39.0 Å². The number of nitrogens with zero attached hydrogens (tertiary/aromatic N) is 3. The molecule has 128 valence electrons. The largest absolute Gasteiger partial charge is 0.356 e. The van der Waals surface area contributed by atoms with E-state index in [4.69, 9.17) is 0 Å². The van der Waals surface area contributed by atoms with Gasteiger partial charge in [-0.2, -0.15) is 11.8 Å². The molecule has 0 atom stereocenters. The Kier molecular flexibility index (Phi) is 10.1. The highest BCUT2D eigenvalue weighted by Gasteiger charge is 2.02. The molecule has 0 amide bonds. The van der Waals surface area contributed by atoms with Crippen molar-refractivity contribution < 1.29 is 0 Å². The highest BCUT2D eigenvalue weighted by Crippen LogP contribution is 2.04. The van der Waals surface area contributed by atoms with Gasteiger partial charge in [0.05, 0.1) is 5.69 Å². The van der Waals surface area contributed by atoms with Crippen LogP contribution in [-0.4, -0.2) is 47.5 Å². The lowest BCUT2D eigenvalue weighted by atomic mass is 10.3. The zero-order chi connectivity index (χ0) is 15.6. The molecule has 0 unspecified atom stereocenters. The molecule has 2 aromatic rings. The maximum atomic E-state index is 4.59. The fourth-order valence-corrected chi connectivity index (χ4v) is 2.71. The fraction of sp³-hybridized carbons (Fsp3) is 0.500. The standard InChI is InChI=1S/C16H25N5S.HI/c1-17-16(18-9-4-6-12-22-2)19-10-8-14-13-21-11-5-3-7-15(21)20-14;/h3,5,7,11,13H,4,6,8-10,12H2,1-2H3,(H2,17,18,19);1H. The molecule has 0 aliphatic heterocycles. The van der Waals surface area contributed by atoms with Crippen molar-refractivity contribution in [3.63, 3.8) is 0 Å². The monoisotopic (exact) mass is 447 g/mol. The minimum atomic E-state index is 0. The lowest BCUT2D eigenvalue weighted by Gasteiger charge is -2.11. The molecule has 0 spiro atoms. The number of aromatic nitrogens is 2. The Morgan fingerprint density at radius 2 is 2.09 bits per heavy atom. The average molecular weight is 447 g/mol. The van der Waals surface area contributed by atoms with Crippen LogP contribution in [0.2, 0.25) is 0 Å². The van der Waals surface area contributed by atoms with Crippen LogP contribution in [0.1, 0.15) is 18.5 Å². The summed E-state index contributed by atoms with van der Waals surface area (Å²) >= 11 is 1.90. The summed E-state index contributed by atoms with van der Waals surface area (Å²) in [5.41, 5.74) is 2.09. The summed E-state index contributed by atoms with van der Waals surface area (Å²) in [5, 5.41) is 6.68. The van der Waals surface area contributed by atoms with E-state index in [0.717, 1.165) is 36.8 Å². The van der Waals surface area contributed by atoms with Crippen LogP contribution < -0.4 is 10.6 Å². The second kappa shape index (κ2) is 11.6. The van der Waals surface area contributed by atoms with Gasteiger partial charge in [0.2, 0.25) is 0 Å². The SMILES string of the molecule is CN=C(NCCCCSC)NCCc1cn2ccccc2n1.I. The maximum Gasteiger partial charge on any atom is 0.190 e. The number of aliphatic imine (C=N–C) groups is 1. The first-order chi connectivity index (χ1) is 10.8. The van der Waals surface area contributed by atoms with Gasteiger partial charge in [-0.15, -0.1) is 24.0 Å². The third-order valence-electron chi connectivity index (χ3n) is 3.38. The molecule has 0 saturated heterocycles. The maximum absolute atomic E-state index is 4.59. The average Bonchev–Trinajstić information content (AvgIpc) is 2.95. The van der Waals surface area contributed by atoms with Crippen molar-refractivity contribution in [2.45, 2.75) is 19.3 Å². The van der Waals surface area contributed by atoms with Gasteiger partial charge in [-0.1, -0.05) is 6.07 Å². The first-order valence-electron chi connectivity index (χ1n) is 7.69. The molecule has 0 saturated carbocycles. The van der Waals surface area contributed by atoms with Gasteiger partial charge in [-0.05, 0) is 37.0 Å². The molecule has 0 radical (unpaired) electrons. The fourth-order valence-electron chi connectivity index (χ4n) is 2.22. The van der Waals surface area contributed by atoms with Crippen molar-refractivity contribution in [2.24, 2.45) is 4.99 Å². The molecule has 2 N–H and O–H groups in total. The van der Waals surface area contributed by atoms with E-state index in [1.807, 2.05) is 47.6 Å². The lowest BCUT2D eigenvalue weighted by molar-refractivity contribution is 0.729. The number of rotatable bonds is 8. The van der Waals surface area contributed by atoms with E-state index < -0.39 is 0 Å². The van der Waals surface area contributed by atoms with Gasteiger partial charge in [-0.25, -0.2) is 4.98 Å². The lowest BCUT2D eigenvalue weighted by Crippen LogP contribution is -2.38. The number of halogens is 1. The summed E-state index contributed by atoms with van der Waals surface area (Å²) in [6.07, 6.45) is 9.55. The van der Waals surface area contributed by atoms with E-state index in [9.17, 15) is 0 Å². The normalized spacial score (nSPS) is 11.3. The number of fused-ring (bicyclic) bond motifs is 1.